The summed E-state index contributed by atoms with van der Waals surface area (Å²) in [6, 6.07) is 7.99. The summed E-state index contributed by atoms with van der Waals surface area (Å²) in [6.07, 6.45) is -0.170. The van der Waals surface area contributed by atoms with Gasteiger partial charge >= 0.3 is 0 Å². The van der Waals surface area contributed by atoms with E-state index in [0.717, 1.165) is 5.56 Å². The number of hydrogen-bond acceptors (Lipinski definition) is 4. The standard InChI is InChI=1S/C13H16N4O2/c1-17(13(19)11(15)6-12(16)18)8-10-4-2-9(7-14)3-5-10/h2-5,11H,6,8,15H2,1H3,(H2,16,18). The number of carbonyl (C=O) groups is 2. The lowest BCUT2D eigenvalue weighted by Gasteiger charge is -2.20. The predicted octanol–water partition coefficient (Wildman–Crippen LogP) is -0.281. The molecule has 0 heterocycles. The fourth-order valence-corrected chi connectivity index (χ4v) is 1.62. The van der Waals surface area contributed by atoms with Crippen LogP contribution in [0.25, 0.3) is 0 Å². The van der Waals surface area contributed by atoms with Crippen molar-refractivity contribution in [2.45, 2.75) is 19.0 Å². The number of amides is 2. The molecular formula is C13H16N4O2. The van der Waals surface area contributed by atoms with E-state index in [1.54, 1.807) is 31.3 Å². The highest BCUT2D eigenvalue weighted by molar-refractivity contribution is 5.87. The van der Waals surface area contributed by atoms with Crippen LogP contribution in [0.3, 0.4) is 0 Å². The van der Waals surface area contributed by atoms with E-state index < -0.39 is 11.9 Å². The molecule has 1 unspecified atom stereocenters. The Kier molecular flexibility index (Phi) is 5.03. The molecule has 100 valence electrons. The Hall–Kier alpha value is -2.39. The molecule has 6 nitrogen and oxygen atoms in total. The van der Waals surface area contributed by atoms with E-state index >= 15 is 0 Å². The molecule has 0 aliphatic carbocycles. The van der Waals surface area contributed by atoms with Crippen LogP contribution in [0.2, 0.25) is 0 Å². The molecule has 0 saturated heterocycles. The van der Waals surface area contributed by atoms with Gasteiger partial charge in [0.25, 0.3) is 0 Å². The van der Waals surface area contributed by atoms with Gasteiger partial charge in [-0.25, -0.2) is 0 Å². The SMILES string of the molecule is CN(Cc1ccc(C#N)cc1)C(=O)C(N)CC(N)=O. The van der Waals surface area contributed by atoms with Crippen molar-refractivity contribution in [1.29, 1.82) is 5.26 Å². The van der Waals surface area contributed by atoms with Crippen LogP contribution in [-0.2, 0) is 16.1 Å². The highest BCUT2D eigenvalue weighted by atomic mass is 16.2. The topological polar surface area (TPSA) is 113 Å². The number of benzene rings is 1. The zero-order valence-electron chi connectivity index (χ0n) is 10.7. The summed E-state index contributed by atoms with van der Waals surface area (Å²) in [4.78, 5) is 24.0. The summed E-state index contributed by atoms with van der Waals surface area (Å²) in [5.41, 5.74) is 12.0. The molecule has 4 N–H and O–H groups in total. The second-order valence-electron chi connectivity index (χ2n) is 4.28. The van der Waals surface area contributed by atoms with Crippen molar-refractivity contribution in [2.75, 3.05) is 7.05 Å². The fraction of sp³-hybridized carbons (Fsp3) is 0.308. The number of nitrogens with zero attached hydrogens (tertiary/aromatic N) is 2. The van der Waals surface area contributed by atoms with Gasteiger partial charge in [0.15, 0.2) is 0 Å². The molecule has 0 saturated carbocycles. The minimum absolute atomic E-state index is 0.170. The molecule has 2 amide bonds. The number of hydrogen-bond donors (Lipinski definition) is 2. The molecule has 1 rings (SSSR count). The number of likely N-dealkylation sites (N-methyl/N-ethyl adjacent to an activating group) is 1. The van der Waals surface area contributed by atoms with Gasteiger partial charge in [0, 0.05) is 13.6 Å². The van der Waals surface area contributed by atoms with E-state index in [0.29, 0.717) is 12.1 Å². The van der Waals surface area contributed by atoms with E-state index in [9.17, 15) is 9.59 Å². The molecule has 0 radical (unpaired) electrons. The molecule has 0 fully saturated rings. The molecule has 19 heavy (non-hydrogen) atoms. The molecule has 1 aromatic rings. The zero-order chi connectivity index (χ0) is 14.4. The van der Waals surface area contributed by atoms with Crippen LogP contribution in [-0.4, -0.2) is 29.8 Å². The number of nitriles is 1. The van der Waals surface area contributed by atoms with Crippen LogP contribution in [0.15, 0.2) is 24.3 Å². The number of nitrogens with two attached hydrogens (primary N) is 2. The van der Waals surface area contributed by atoms with Crippen molar-refractivity contribution in [3.63, 3.8) is 0 Å². The maximum absolute atomic E-state index is 11.8. The molecule has 0 spiro atoms. The van der Waals surface area contributed by atoms with E-state index in [2.05, 4.69) is 0 Å². The van der Waals surface area contributed by atoms with Crippen molar-refractivity contribution in [1.82, 2.24) is 4.90 Å². The smallest absolute Gasteiger partial charge is 0.240 e. The average Bonchev–Trinajstić information content (AvgIpc) is 2.37. The van der Waals surface area contributed by atoms with Gasteiger partial charge in [-0.3, -0.25) is 9.59 Å². The first-order valence-corrected chi connectivity index (χ1v) is 5.72. The van der Waals surface area contributed by atoms with Crippen LogP contribution in [0.5, 0.6) is 0 Å². The van der Waals surface area contributed by atoms with Gasteiger partial charge in [-0.2, -0.15) is 5.26 Å². The highest BCUT2D eigenvalue weighted by Gasteiger charge is 2.19. The van der Waals surface area contributed by atoms with Crippen LogP contribution < -0.4 is 11.5 Å². The average molecular weight is 260 g/mol. The third kappa shape index (κ3) is 4.41. The third-order valence-electron chi connectivity index (χ3n) is 2.62. The lowest BCUT2D eigenvalue weighted by atomic mass is 10.1. The normalized spacial score (nSPS) is 11.4. The summed E-state index contributed by atoms with van der Waals surface area (Å²) in [5.74, 6) is -0.948. The molecule has 6 heteroatoms. The van der Waals surface area contributed by atoms with Crippen LogP contribution in [0.4, 0.5) is 0 Å². The van der Waals surface area contributed by atoms with E-state index in [-0.39, 0.29) is 12.3 Å². The first kappa shape index (κ1) is 14.7. The highest BCUT2D eigenvalue weighted by Crippen LogP contribution is 2.07. The van der Waals surface area contributed by atoms with Crippen molar-refractivity contribution >= 4 is 11.8 Å². The Labute approximate surface area is 111 Å². The monoisotopic (exact) mass is 260 g/mol. The lowest BCUT2D eigenvalue weighted by molar-refractivity contribution is -0.133. The van der Waals surface area contributed by atoms with Gasteiger partial charge in [-0.15, -0.1) is 0 Å². The molecule has 0 aliphatic rings. The van der Waals surface area contributed by atoms with Crippen molar-refractivity contribution in [3.05, 3.63) is 35.4 Å². The third-order valence-corrected chi connectivity index (χ3v) is 2.62. The van der Waals surface area contributed by atoms with Crippen LogP contribution >= 0.6 is 0 Å². The largest absolute Gasteiger partial charge is 0.370 e. The molecule has 0 aliphatic heterocycles. The summed E-state index contributed by atoms with van der Waals surface area (Å²) in [6.45, 7) is 0.358. The molecule has 0 bridgehead atoms. The minimum Gasteiger partial charge on any atom is -0.370 e. The maximum Gasteiger partial charge on any atom is 0.240 e. The Morgan fingerprint density at radius 2 is 1.95 bits per heavy atom. The van der Waals surface area contributed by atoms with Crippen molar-refractivity contribution < 1.29 is 9.59 Å². The summed E-state index contributed by atoms with van der Waals surface area (Å²) >= 11 is 0. The quantitative estimate of drug-likeness (QED) is 0.757. The van der Waals surface area contributed by atoms with Gasteiger partial charge in [-0.1, -0.05) is 12.1 Å². The summed E-state index contributed by atoms with van der Waals surface area (Å²) < 4.78 is 0. The summed E-state index contributed by atoms with van der Waals surface area (Å²) in [7, 11) is 1.60. The van der Waals surface area contributed by atoms with Crippen LogP contribution in [0, 0.1) is 11.3 Å². The van der Waals surface area contributed by atoms with E-state index in [4.69, 9.17) is 16.7 Å². The molecule has 1 aromatic carbocycles. The second kappa shape index (κ2) is 6.52. The molecule has 1 atom stereocenters. The number of primary amides is 1. The summed E-state index contributed by atoms with van der Waals surface area (Å²) in [5, 5.41) is 8.68. The molecular weight excluding hydrogens is 244 g/mol. The minimum atomic E-state index is -0.916. The Balaban J connectivity index is 2.63. The Morgan fingerprint density at radius 3 is 2.42 bits per heavy atom. The maximum atomic E-state index is 11.8. The van der Waals surface area contributed by atoms with Crippen molar-refractivity contribution in [2.24, 2.45) is 11.5 Å². The first-order chi connectivity index (χ1) is 8.93. The molecule has 0 aromatic heterocycles. The fourth-order valence-electron chi connectivity index (χ4n) is 1.62. The van der Waals surface area contributed by atoms with E-state index in [1.165, 1.54) is 4.90 Å². The van der Waals surface area contributed by atoms with Gasteiger partial charge < -0.3 is 16.4 Å². The number of carbonyl (C=O) groups excluding carboxylic acids is 2. The van der Waals surface area contributed by atoms with Crippen LogP contribution in [0.1, 0.15) is 17.5 Å². The first-order valence-electron chi connectivity index (χ1n) is 5.72. The Morgan fingerprint density at radius 1 is 1.37 bits per heavy atom. The van der Waals surface area contributed by atoms with Crippen molar-refractivity contribution in [3.8, 4) is 6.07 Å². The van der Waals surface area contributed by atoms with Gasteiger partial charge in [-0.05, 0) is 17.7 Å². The van der Waals surface area contributed by atoms with Gasteiger partial charge in [0.1, 0.15) is 0 Å². The Bertz CT molecular complexity index is 504. The second-order valence-corrected chi connectivity index (χ2v) is 4.28. The zero-order valence-corrected chi connectivity index (χ0v) is 10.7. The number of rotatable bonds is 5. The predicted molar refractivity (Wildman–Crippen MR) is 69.4 cm³/mol. The lowest BCUT2D eigenvalue weighted by Crippen LogP contribution is -2.43. The van der Waals surface area contributed by atoms with E-state index in [1.807, 2.05) is 6.07 Å². The van der Waals surface area contributed by atoms with Gasteiger partial charge in [0.05, 0.1) is 24.1 Å². The van der Waals surface area contributed by atoms with Gasteiger partial charge in [0.2, 0.25) is 11.8 Å².